The molecule has 0 spiro atoms. The Morgan fingerprint density at radius 1 is 1.24 bits per heavy atom. The summed E-state index contributed by atoms with van der Waals surface area (Å²) < 4.78 is 35.3. The average molecular weight is 267 g/mol. The van der Waals surface area contributed by atoms with Crippen LogP contribution in [-0.2, 0) is 16.8 Å². The van der Waals surface area contributed by atoms with E-state index in [2.05, 4.69) is 31.1 Å². The van der Waals surface area contributed by atoms with Crippen LogP contribution in [0.5, 0.6) is 0 Å². The number of alkyl halides is 3. The van der Waals surface area contributed by atoms with Gasteiger partial charge in [0.2, 0.25) is 0 Å². The molecule has 2 nitrogen and oxygen atoms in total. The van der Waals surface area contributed by atoms with Crippen LogP contribution in [0.4, 0.5) is 13.2 Å². The van der Waals surface area contributed by atoms with E-state index in [9.17, 15) is 13.2 Å². The molecule has 0 atom stereocenters. The second kappa shape index (κ2) is 5.37. The van der Waals surface area contributed by atoms with Gasteiger partial charge in [-0.1, -0.05) is 20.8 Å². The van der Waals surface area contributed by atoms with Crippen LogP contribution < -0.4 is 5.48 Å². The lowest BCUT2D eigenvalue weighted by Crippen LogP contribution is -2.24. The first-order valence-electron chi connectivity index (χ1n) is 5.19. The Morgan fingerprint density at radius 3 is 2.35 bits per heavy atom. The minimum atomic E-state index is -4.29. The van der Waals surface area contributed by atoms with E-state index in [-0.39, 0.29) is 12.0 Å². The zero-order chi connectivity index (χ0) is 13.1. The van der Waals surface area contributed by atoms with Crippen molar-refractivity contribution in [2.24, 2.45) is 0 Å². The van der Waals surface area contributed by atoms with Crippen molar-refractivity contribution in [2.45, 2.75) is 38.9 Å². The Bertz CT molecular complexity index is 354. The molecule has 0 radical (unpaired) electrons. The largest absolute Gasteiger partial charge is 0.413 e. The van der Waals surface area contributed by atoms with Crippen molar-refractivity contribution >= 4 is 11.3 Å². The van der Waals surface area contributed by atoms with Gasteiger partial charge in [0.1, 0.15) is 0 Å². The van der Waals surface area contributed by atoms with Gasteiger partial charge in [-0.2, -0.15) is 18.7 Å². The highest BCUT2D eigenvalue weighted by Crippen LogP contribution is 2.29. The topological polar surface area (TPSA) is 21.3 Å². The Morgan fingerprint density at radius 2 is 1.88 bits per heavy atom. The second-order valence-corrected chi connectivity index (χ2v) is 5.91. The zero-order valence-corrected chi connectivity index (χ0v) is 10.8. The Labute approximate surface area is 103 Å². The summed E-state index contributed by atoms with van der Waals surface area (Å²) in [6.07, 6.45) is -4.29. The molecule has 1 N–H and O–H groups in total. The van der Waals surface area contributed by atoms with Gasteiger partial charge in [-0.05, 0) is 17.5 Å². The highest BCUT2D eigenvalue weighted by molar-refractivity contribution is 7.12. The molecule has 0 unspecified atom stereocenters. The van der Waals surface area contributed by atoms with E-state index in [4.69, 9.17) is 0 Å². The van der Waals surface area contributed by atoms with Crippen molar-refractivity contribution < 1.29 is 18.0 Å². The number of hydrogen-bond donors (Lipinski definition) is 1. The quantitative estimate of drug-likeness (QED) is 0.664. The van der Waals surface area contributed by atoms with E-state index in [1.807, 2.05) is 12.1 Å². The smallest absolute Gasteiger partial charge is 0.292 e. The summed E-state index contributed by atoms with van der Waals surface area (Å²) in [5, 5.41) is 0. The van der Waals surface area contributed by atoms with Crippen LogP contribution in [0.25, 0.3) is 0 Å². The lowest BCUT2D eigenvalue weighted by atomic mass is 9.95. The van der Waals surface area contributed by atoms with E-state index in [1.54, 1.807) is 11.3 Å². The molecule has 0 aliphatic heterocycles. The first-order chi connectivity index (χ1) is 7.68. The molecule has 0 amide bonds. The molecule has 1 rings (SSSR count). The minimum Gasteiger partial charge on any atom is -0.292 e. The summed E-state index contributed by atoms with van der Waals surface area (Å²) in [5.41, 5.74) is 2.38. The number of hydroxylamine groups is 1. The normalized spacial score (nSPS) is 13.1. The van der Waals surface area contributed by atoms with E-state index < -0.39 is 12.8 Å². The number of thiophene rings is 1. The zero-order valence-electron chi connectivity index (χ0n) is 10.0. The van der Waals surface area contributed by atoms with Gasteiger partial charge in [-0.15, -0.1) is 11.3 Å². The summed E-state index contributed by atoms with van der Waals surface area (Å²) in [6, 6.07) is 3.89. The summed E-state index contributed by atoms with van der Waals surface area (Å²) >= 11 is 1.57. The number of halogens is 3. The molecule has 0 aromatic carbocycles. The fourth-order valence-electron chi connectivity index (χ4n) is 1.13. The maximum atomic E-state index is 11.8. The summed E-state index contributed by atoms with van der Waals surface area (Å²) in [4.78, 5) is 6.48. The van der Waals surface area contributed by atoms with Gasteiger partial charge in [0.25, 0.3) is 0 Å². The van der Waals surface area contributed by atoms with E-state index >= 15 is 0 Å². The van der Waals surface area contributed by atoms with Crippen molar-refractivity contribution in [1.82, 2.24) is 5.48 Å². The van der Waals surface area contributed by atoms with Crippen molar-refractivity contribution in [3.63, 3.8) is 0 Å². The van der Waals surface area contributed by atoms with E-state index in [1.165, 1.54) is 4.88 Å². The molecule has 0 aliphatic rings. The van der Waals surface area contributed by atoms with Crippen molar-refractivity contribution in [2.75, 3.05) is 6.61 Å². The second-order valence-electron chi connectivity index (χ2n) is 4.74. The maximum absolute atomic E-state index is 11.8. The van der Waals surface area contributed by atoms with E-state index in [0.29, 0.717) is 0 Å². The summed E-state index contributed by atoms with van der Waals surface area (Å²) in [7, 11) is 0. The predicted molar refractivity (Wildman–Crippen MR) is 61.9 cm³/mol. The van der Waals surface area contributed by atoms with Gasteiger partial charge in [0, 0.05) is 9.75 Å². The molecule has 0 bridgehead atoms. The fraction of sp³-hybridized carbons (Fsp3) is 0.636. The van der Waals surface area contributed by atoms with Gasteiger partial charge in [-0.3, -0.25) is 4.84 Å². The van der Waals surface area contributed by atoms with Crippen LogP contribution >= 0.6 is 11.3 Å². The van der Waals surface area contributed by atoms with Crippen LogP contribution in [0.2, 0.25) is 0 Å². The maximum Gasteiger partial charge on any atom is 0.413 e. The molecule has 1 aromatic rings. The minimum absolute atomic E-state index is 0.0652. The molecule has 1 aromatic heterocycles. The molecule has 0 saturated heterocycles. The first kappa shape index (κ1) is 14.5. The van der Waals surface area contributed by atoms with Gasteiger partial charge < -0.3 is 0 Å². The summed E-state index contributed by atoms with van der Waals surface area (Å²) in [5.74, 6) is 0. The van der Waals surface area contributed by atoms with Crippen LogP contribution in [0.3, 0.4) is 0 Å². The molecule has 6 heteroatoms. The molecule has 1 heterocycles. The summed E-state index contributed by atoms with van der Waals surface area (Å²) in [6.45, 7) is 5.30. The highest BCUT2D eigenvalue weighted by atomic mass is 32.1. The fourth-order valence-corrected chi connectivity index (χ4v) is 2.12. The third-order valence-electron chi connectivity index (χ3n) is 1.99. The molecule has 98 valence electrons. The van der Waals surface area contributed by atoms with Crippen LogP contribution in [0, 0.1) is 0 Å². The molecular weight excluding hydrogens is 251 g/mol. The SMILES string of the molecule is CC(C)(C)c1ccc(CNOCC(F)(F)F)s1. The molecular formula is C11H16F3NOS. The Balaban J connectivity index is 2.36. The van der Waals surface area contributed by atoms with Crippen LogP contribution in [-0.4, -0.2) is 12.8 Å². The standard InChI is InChI=1S/C11H16F3NOS/c1-10(2,3)9-5-4-8(17-9)6-15-16-7-11(12,13)14/h4-5,15H,6-7H2,1-3H3. The van der Waals surface area contributed by atoms with Gasteiger partial charge in [-0.25, -0.2) is 0 Å². The van der Waals surface area contributed by atoms with Gasteiger partial charge in [0.15, 0.2) is 6.61 Å². The van der Waals surface area contributed by atoms with Crippen molar-refractivity contribution in [3.8, 4) is 0 Å². The van der Waals surface area contributed by atoms with Crippen molar-refractivity contribution in [3.05, 3.63) is 21.9 Å². The highest BCUT2D eigenvalue weighted by Gasteiger charge is 2.27. The monoisotopic (exact) mass is 267 g/mol. The third-order valence-corrected chi connectivity index (χ3v) is 3.50. The van der Waals surface area contributed by atoms with Crippen LogP contribution in [0.1, 0.15) is 30.5 Å². The number of nitrogens with one attached hydrogen (secondary N) is 1. The van der Waals surface area contributed by atoms with Gasteiger partial charge in [0.05, 0.1) is 6.54 Å². The van der Waals surface area contributed by atoms with Crippen LogP contribution in [0.15, 0.2) is 12.1 Å². The third kappa shape index (κ3) is 5.52. The van der Waals surface area contributed by atoms with Crippen molar-refractivity contribution in [1.29, 1.82) is 0 Å². The average Bonchev–Trinajstić information content (AvgIpc) is 2.58. The Hall–Kier alpha value is -0.590. The Kier molecular flexibility index (Phi) is 4.57. The number of hydrogen-bond acceptors (Lipinski definition) is 3. The predicted octanol–water partition coefficient (Wildman–Crippen LogP) is 3.63. The molecule has 0 aliphatic carbocycles. The molecule has 17 heavy (non-hydrogen) atoms. The first-order valence-corrected chi connectivity index (χ1v) is 6.01. The lowest BCUT2D eigenvalue weighted by molar-refractivity contribution is -0.190. The molecule has 0 saturated carbocycles. The van der Waals surface area contributed by atoms with Gasteiger partial charge >= 0.3 is 6.18 Å². The number of rotatable bonds is 4. The lowest BCUT2D eigenvalue weighted by Gasteiger charge is -2.15. The molecule has 0 fully saturated rings. The van der Waals surface area contributed by atoms with E-state index in [0.717, 1.165) is 4.88 Å².